The van der Waals surface area contributed by atoms with Gasteiger partial charge in [0.15, 0.2) is 11.5 Å². The third kappa shape index (κ3) is 12.6. The van der Waals surface area contributed by atoms with E-state index in [-0.39, 0.29) is 6.61 Å². The lowest BCUT2D eigenvalue weighted by Gasteiger charge is -2.14. The maximum absolute atomic E-state index is 11.6. The lowest BCUT2D eigenvalue weighted by Crippen LogP contribution is -2.28. The van der Waals surface area contributed by atoms with Gasteiger partial charge >= 0.3 is 6.09 Å². The Balaban J connectivity index is 1.32. The van der Waals surface area contributed by atoms with Crippen molar-refractivity contribution in [3.8, 4) is 11.5 Å². The van der Waals surface area contributed by atoms with Gasteiger partial charge in [0, 0.05) is 18.3 Å². The number of benzene rings is 2. The smallest absolute Gasteiger partial charge is 0.407 e. The SMILES string of the molecule is COc1c(C)cc(N)cc1OCCOCCOCCOCCOCCNC(=O)OCc1ccccc1. The number of carbonyl (C=O) groups is 1. The summed E-state index contributed by atoms with van der Waals surface area (Å²) < 4.78 is 38.0. The number of nitrogen functional groups attached to an aromatic ring is 1. The maximum atomic E-state index is 11.6. The molecule has 10 heteroatoms. The van der Waals surface area contributed by atoms with Crippen LogP contribution in [0, 0.1) is 6.92 Å². The fraction of sp³-hybridized carbons (Fsp3) is 0.500. The Hall–Kier alpha value is -3.05. The molecule has 0 fully saturated rings. The Morgan fingerprint density at radius 2 is 1.42 bits per heavy atom. The van der Waals surface area contributed by atoms with Gasteiger partial charge in [-0.3, -0.25) is 0 Å². The van der Waals surface area contributed by atoms with Gasteiger partial charge in [-0.25, -0.2) is 4.79 Å². The molecule has 0 saturated heterocycles. The summed E-state index contributed by atoms with van der Waals surface area (Å²) in [7, 11) is 1.60. The van der Waals surface area contributed by atoms with Gasteiger partial charge in [-0.2, -0.15) is 0 Å². The topological polar surface area (TPSA) is 120 Å². The number of nitrogens with one attached hydrogen (secondary N) is 1. The Kier molecular flexibility index (Phi) is 14.8. The van der Waals surface area contributed by atoms with Crippen LogP contribution in [0.4, 0.5) is 10.5 Å². The zero-order chi connectivity index (χ0) is 25.8. The fourth-order valence-corrected chi connectivity index (χ4v) is 3.11. The summed E-state index contributed by atoms with van der Waals surface area (Å²) in [5.41, 5.74) is 8.34. The van der Waals surface area contributed by atoms with E-state index in [0.29, 0.717) is 83.2 Å². The number of nitrogens with two attached hydrogens (primary N) is 1. The fourth-order valence-electron chi connectivity index (χ4n) is 3.11. The number of rotatable bonds is 19. The number of hydrogen-bond donors (Lipinski definition) is 2. The molecule has 0 aliphatic rings. The molecule has 10 nitrogen and oxygen atoms in total. The zero-order valence-corrected chi connectivity index (χ0v) is 21.2. The van der Waals surface area contributed by atoms with Gasteiger partial charge in [-0.1, -0.05) is 30.3 Å². The highest BCUT2D eigenvalue weighted by atomic mass is 16.6. The van der Waals surface area contributed by atoms with E-state index in [0.717, 1.165) is 11.1 Å². The van der Waals surface area contributed by atoms with E-state index >= 15 is 0 Å². The van der Waals surface area contributed by atoms with Crippen LogP contribution in [0.2, 0.25) is 0 Å². The van der Waals surface area contributed by atoms with Gasteiger partial charge in [0.2, 0.25) is 0 Å². The normalized spacial score (nSPS) is 10.7. The second-order valence-corrected chi connectivity index (χ2v) is 7.66. The molecule has 0 saturated carbocycles. The minimum Gasteiger partial charge on any atom is -0.493 e. The summed E-state index contributed by atoms with van der Waals surface area (Å²) in [5, 5.41) is 2.64. The number of anilines is 1. The van der Waals surface area contributed by atoms with Crippen molar-refractivity contribution in [3.05, 3.63) is 53.6 Å². The molecule has 0 aliphatic carbocycles. The lowest BCUT2D eigenvalue weighted by molar-refractivity contribution is -0.00434. The van der Waals surface area contributed by atoms with Crippen LogP contribution in [-0.2, 0) is 30.3 Å². The molecule has 0 unspecified atom stereocenters. The zero-order valence-electron chi connectivity index (χ0n) is 21.2. The second kappa shape index (κ2) is 18.3. The number of hydrogen-bond acceptors (Lipinski definition) is 9. The van der Waals surface area contributed by atoms with Gasteiger partial charge in [0.1, 0.15) is 13.2 Å². The number of methoxy groups -OCH3 is 1. The van der Waals surface area contributed by atoms with Crippen molar-refractivity contribution in [3.63, 3.8) is 0 Å². The summed E-state index contributed by atoms with van der Waals surface area (Å²) in [6, 6.07) is 13.1. The van der Waals surface area contributed by atoms with Crippen LogP contribution in [0.25, 0.3) is 0 Å². The summed E-state index contributed by atoms with van der Waals surface area (Å²) in [6.07, 6.45) is -0.468. The number of ether oxygens (including phenoxy) is 7. The molecule has 0 aliphatic heterocycles. The lowest BCUT2D eigenvalue weighted by atomic mass is 10.2. The predicted octanol–water partition coefficient (Wildman–Crippen LogP) is 2.96. The van der Waals surface area contributed by atoms with E-state index in [1.807, 2.05) is 43.3 Å². The van der Waals surface area contributed by atoms with Crippen LogP contribution in [0.15, 0.2) is 42.5 Å². The standard InChI is InChI=1S/C26H38N2O8/c1-21-18-23(27)19-24(25(21)30-2)35-17-16-34-15-14-33-13-12-32-11-10-31-9-8-28-26(29)36-20-22-6-4-3-5-7-22/h3-7,18-19H,8-17,20,27H2,1-2H3,(H,28,29). The van der Waals surface area contributed by atoms with Crippen LogP contribution in [0.3, 0.4) is 0 Å². The number of amides is 1. The van der Waals surface area contributed by atoms with Crippen LogP contribution < -0.4 is 20.5 Å². The van der Waals surface area contributed by atoms with E-state index in [1.54, 1.807) is 13.2 Å². The molecule has 0 atom stereocenters. The van der Waals surface area contributed by atoms with E-state index in [4.69, 9.17) is 38.9 Å². The van der Waals surface area contributed by atoms with Crippen molar-refractivity contribution in [1.82, 2.24) is 5.32 Å². The van der Waals surface area contributed by atoms with E-state index in [1.165, 1.54) is 0 Å². The molecular formula is C26H38N2O8. The first-order valence-corrected chi connectivity index (χ1v) is 11.9. The highest BCUT2D eigenvalue weighted by molar-refractivity contribution is 5.67. The molecule has 0 spiro atoms. The van der Waals surface area contributed by atoms with Crippen molar-refractivity contribution >= 4 is 11.8 Å². The molecule has 0 radical (unpaired) electrons. The third-order valence-electron chi connectivity index (χ3n) is 4.80. The summed E-state index contributed by atoms with van der Waals surface area (Å²) in [6.45, 7) is 6.44. The molecule has 3 N–H and O–H groups in total. The third-order valence-corrected chi connectivity index (χ3v) is 4.80. The average Bonchev–Trinajstić information content (AvgIpc) is 2.87. The monoisotopic (exact) mass is 506 g/mol. The molecule has 1 amide bonds. The largest absolute Gasteiger partial charge is 0.493 e. The summed E-state index contributed by atoms with van der Waals surface area (Å²) >= 11 is 0. The van der Waals surface area contributed by atoms with Crippen molar-refractivity contribution < 1.29 is 38.0 Å². The molecule has 2 rings (SSSR count). The van der Waals surface area contributed by atoms with Crippen LogP contribution in [-0.4, -0.2) is 79.2 Å². The van der Waals surface area contributed by atoms with Gasteiger partial charge in [-0.05, 0) is 24.1 Å². The summed E-state index contributed by atoms with van der Waals surface area (Å²) in [5.74, 6) is 1.28. The Labute approximate surface area is 212 Å². The van der Waals surface area contributed by atoms with Crippen LogP contribution >= 0.6 is 0 Å². The number of alkyl carbamates (subject to hydrolysis) is 1. The van der Waals surface area contributed by atoms with E-state index < -0.39 is 6.09 Å². The van der Waals surface area contributed by atoms with Gasteiger partial charge in [0.25, 0.3) is 0 Å². The van der Waals surface area contributed by atoms with Gasteiger partial charge < -0.3 is 44.2 Å². The minimum absolute atomic E-state index is 0.240. The van der Waals surface area contributed by atoms with Crippen molar-refractivity contribution in [2.45, 2.75) is 13.5 Å². The van der Waals surface area contributed by atoms with Gasteiger partial charge in [0.05, 0.1) is 60.0 Å². The van der Waals surface area contributed by atoms with Crippen molar-refractivity contribution in [1.29, 1.82) is 0 Å². The highest BCUT2D eigenvalue weighted by Crippen LogP contribution is 2.33. The second-order valence-electron chi connectivity index (χ2n) is 7.66. The Morgan fingerprint density at radius 1 is 0.833 bits per heavy atom. The molecule has 0 heterocycles. The highest BCUT2D eigenvalue weighted by Gasteiger charge is 2.09. The average molecular weight is 507 g/mol. The molecule has 2 aromatic rings. The van der Waals surface area contributed by atoms with Crippen LogP contribution in [0.5, 0.6) is 11.5 Å². The minimum atomic E-state index is -0.468. The maximum Gasteiger partial charge on any atom is 0.407 e. The van der Waals surface area contributed by atoms with E-state index in [9.17, 15) is 4.79 Å². The van der Waals surface area contributed by atoms with Crippen LogP contribution in [0.1, 0.15) is 11.1 Å². The molecular weight excluding hydrogens is 468 g/mol. The molecule has 0 aromatic heterocycles. The first-order chi connectivity index (χ1) is 17.6. The molecule has 200 valence electrons. The van der Waals surface area contributed by atoms with E-state index in [2.05, 4.69) is 5.32 Å². The molecule has 2 aromatic carbocycles. The summed E-state index contributed by atoms with van der Waals surface area (Å²) in [4.78, 5) is 11.6. The Bertz CT molecular complexity index is 867. The quantitative estimate of drug-likeness (QED) is 0.219. The number of aryl methyl sites for hydroxylation is 1. The van der Waals surface area contributed by atoms with Gasteiger partial charge in [-0.15, -0.1) is 0 Å². The van der Waals surface area contributed by atoms with Crippen molar-refractivity contribution in [2.24, 2.45) is 0 Å². The van der Waals surface area contributed by atoms with Crippen molar-refractivity contribution in [2.75, 3.05) is 78.9 Å². The number of carbonyl (C=O) groups excluding carboxylic acids is 1. The first kappa shape index (κ1) is 29.2. The molecule has 36 heavy (non-hydrogen) atoms. The molecule has 0 bridgehead atoms. The predicted molar refractivity (Wildman–Crippen MR) is 136 cm³/mol. The Morgan fingerprint density at radius 3 is 2.03 bits per heavy atom. The first-order valence-electron chi connectivity index (χ1n) is 11.9.